The minimum atomic E-state index is -0.128. The molecule has 1 aliphatic heterocycles. The number of amides is 1. The number of ether oxygens (including phenoxy) is 1. The van der Waals surface area contributed by atoms with Crippen LogP contribution >= 0.6 is 0 Å². The van der Waals surface area contributed by atoms with Crippen molar-refractivity contribution in [2.24, 2.45) is 0 Å². The lowest BCUT2D eigenvalue weighted by Gasteiger charge is -2.35. The number of methoxy groups -OCH3 is 1. The molecule has 0 aromatic carbocycles. The van der Waals surface area contributed by atoms with Crippen molar-refractivity contribution < 1.29 is 9.53 Å². The standard InChI is InChI=1S/C18H24N6O2/c1-26-17-4-2-3-16(22-17)24-11-9-23(10-12-24)8-7-20-18(25)14-5-6-15(19)21-13-14/h2-6,13H,7-12H2,1H3,(H2,19,21)(H,20,25). The summed E-state index contributed by atoms with van der Waals surface area (Å²) in [6, 6.07) is 9.10. The van der Waals surface area contributed by atoms with Crippen molar-refractivity contribution in [2.75, 3.05) is 57.0 Å². The second kappa shape index (κ2) is 8.48. The lowest BCUT2D eigenvalue weighted by Crippen LogP contribution is -2.48. The molecule has 0 unspecified atom stereocenters. The van der Waals surface area contributed by atoms with Crippen LogP contribution in [0.5, 0.6) is 5.88 Å². The number of piperazine rings is 1. The Hall–Kier alpha value is -2.87. The van der Waals surface area contributed by atoms with Crippen molar-refractivity contribution in [1.29, 1.82) is 0 Å². The van der Waals surface area contributed by atoms with E-state index in [0.717, 1.165) is 38.5 Å². The van der Waals surface area contributed by atoms with Crippen molar-refractivity contribution in [3.63, 3.8) is 0 Å². The number of nitrogen functional groups attached to an aromatic ring is 1. The Labute approximate surface area is 153 Å². The highest BCUT2D eigenvalue weighted by atomic mass is 16.5. The molecule has 3 N–H and O–H groups in total. The largest absolute Gasteiger partial charge is 0.481 e. The van der Waals surface area contributed by atoms with E-state index in [0.29, 0.717) is 23.8 Å². The fraction of sp³-hybridized carbons (Fsp3) is 0.389. The summed E-state index contributed by atoms with van der Waals surface area (Å²) >= 11 is 0. The van der Waals surface area contributed by atoms with E-state index in [4.69, 9.17) is 10.5 Å². The third-order valence-electron chi connectivity index (χ3n) is 4.38. The molecule has 0 bridgehead atoms. The molecule has 26 heavy (non-hydrogen) atoms. The van der Waals surface area contributed by atoms with Crippen LogP contribution in [0.4, 0.5) is 11.6 Å². The first-order valence-electron chi connectivity index (χ1n) is 8.64. The zero-order valence-corrected chi connectivity index (χ0v) is 14.9. The Morgan fingerprint density at radius 1 is 1.23 bits per heavy atom. The maximum atomic E-state index is 12.1. The molecule has 1 amide bonds. The van der Waals surface area contributed by atoms with Crippen LogP contribution < -0.4 is 20.7 Å². The predicted octanol–water partition coefficient (Wildman–Crippen LogP) is 0.619. The summed E-state index contributed by atoms with van der Waals surface area (Å²) < 4.78 is 5.19. The number of nitrogens with one attached hydrogen (secondary N) is 1. The number of rotatable bonds is 6. The van der Waals surface area contributed by atoms with E-state index < -0.39 is 0 Å². The number of hydrogen-bond donors (Lipinski definition) is 2. The highest BCUT2D eigenvalue weighted by Crippen LogP contribution is 2.17. The SMILES string of the molecule is COc1cccc(N2CCN(CCNC(=O)c3ccc(N)nc3)CC2)n1. The smallest absolute Gasteiger partial charge is 0.252 e. The average molecular weight is 356 g/mol. The summed E-state index contributed by atoms with van der Waals surface area (Å²) in [6.07, 6.45) is 1.49. The fourth-order valence-corrected chi connectivity index (χ4v) is 2.86. The molecule has 0 spiro atoms. The van der Waals surface area contributed by atoms with E-state index in [-0.39, 0.29) is 5.91 Å². The van der Waals surface area contributed by atoms with E-state index in [1.54, 1.807) is 19.2 Å². The minimum Gasteiger partial charge on any atom is -0.481 e. The first-order chi connectivity index (χ1) is 12.7. The quantitative estimate of drug-likeness (QED) is 0.783. The van der Waals surface area contributed by atoms with Gasteiger partial charge in [0.25, 0.3) is 5.91 Å². The van der Waals surface area contributed by atoms with Crippen molar-refractivity contribution >= 4 is 17.5 Å². The molecule has 138 valence electrons. The number of nitrogens with two attached hydrogens (primary N) is 1. The van der Waals surface area contributed by atoms with Crippen LogP contribution in [-0.2, 0) is 0 Å². The van der Waals surface area contributed by atoms with Gasteiger partial charge in [0.15, 0.2) is 0 Å². The van der Waals surface area contributed by atoms with Gasteiger partial charge in [-0.05, 0) is 18.2 Å². The fourth-order valence-electron chi connectivity index (χ4n) is 2.86. The molecule has 1 aliphatic rings. The van der Waals surface area contributed by atoms with Crippen LogP contribution in [0.25, 0.3) is 0 Å². The van der Waals surface area contributed by atoms with Gasteiger partial charge in [-0.2, -0.15) is 4.98 Å². The third-order valence-corrected chi connectivity index (χ3v) is 4.38. The van der Waals surface area contributed by atoms with Crippen LogP contribution in [0.3, 0.4) is 0 Å². The normalized spacial score (nSPS) is 14.9. The van der Waals surface area contributed by atoms with Gasteiger partial charge in [-0.1, -0.05) is 6.07 Å². The average Bonchev–Trinajstić information content (AvgIpc) is 2.69. The molecule has 0 atom stereocenters. The van der Waals surface area contributed by atoms with Crippen molar-refractivity contribution in [3.8, 4) is 5.88 Å². The molecule has 0 saturated carbocycles. The van der Waals surface area contributed by atoms with Gasteiger partial charge in [0.2, 0.25) is 5.88 Å². The highest BCUT2D eigenvalue weighted by molar-refractivity contribution is 5.93. The lowest BCUT2D eigenvalue weighted by atomic mass is 10.2. The van der Waals surface area contributed by atoms with Crippen molar-refractivity contribution in [1.82, 2.24) is 20.2 Å². The van der Waals surface area contributed by atoms with Crippen LogP contribution in [0.1, 0.15) is 10.4 Å². The van der Waals surface area contributed by atoms with Gasteiger partial charge in [0.05, 0.1) is 12.7 Å². The maximum Gasteiger partial charge on any atom is 0.252 e. The molecule has 2 aromatic rings. The number of hydrogen-bond acceptors (Lipinski definition) is 7. The summed E-state index contributed by atoms with van der Waals surface area (Å²) in [5, 5.41) is 2.92. The molecule has 3 heterocycles. The Balaban J connectivity index is 1.41. The molecule has 8 nitrogen and oxygen atoms in total. The first-order valence-corrected chi connectivity index (χ1v) is 8.64. The maximum absolute atomic E-state index is 12.1. The van der Waals surface area contributed by atoms with E-state index in [1.807, 2.05) is 18.2 Å². The summed E-state index contributed by atoms with van der Waals surface area (Å²) in [5.74, 6) is 1.85. The van der Waals surface area contributed by atoms with Crippen LogP contribution in [0.2, 0.25) is 0 Å². The number of aromatic nitrogens is 2. The number of anilines is 2. The molecule has 2 aromatic heterocycles. The van der Waals surface area contributed by atoms with Crippen LogP contribution in [-0.4, -0.2) is 67.2 Å². The van der Waals surface area contributed by atoms with Crippen LogP contribution in [0.15, 0.2) is 36.5 Å². The first kappa shape index (κ1) is 17.9. The number of carbonyl (C=O) groups excluding carboxylic acids is 1. The molecular formula is C18H24N6O2. The van der Waals surface area contributed by atoms with Gasteiger partial charge in [0.1, 0.15) is 11.6 Å². The van der Waals surface area contributed by atoms with Gasteiger partial charge in [-0.25, -0.2) is 4.98 Å². The summed E-state index contributed by atoms with van der Waals surface area (Å²) in [4.78, 5) is 25.0. The summed E-state index contributed by atoms with van der Waals surface area (Å²) in [7, 11) is 1.62. The molecule has 1 fully saturated rings. The molecule has 3 rings (SSSR count). The minimum absolute atomic E-state index is 0.128. The Morgan fingerprint density at radius 2 is 2.04 bits per heavy atom. The summed E-state index contributed by atoms with van der Waals surface area (Å²) in [6.45, 7) is 5.07. The second-order valence-electron chi connectivity index (χ2n) is 6.09. The zero-order chi connectivity index (χ0) is 18.4. The Morgan fingerprint density at radius 3 is 2.73 bits per heavy atom. The van der Waals surface area contributed by atoms with E-state index in [2.05, 4.69) is 25.1 Å². The highest BCUT2D eigenvalue weighted by Gasteiger charge is 2.18. The number of carbonyl (C=O) groups is 1. The Bertz CT molecular complexity index is 729. The van der Waals surface area contributed by atoms with Gasteiger partial charge in [-0.3, -0.25) is 9.69 Å². The second-order valence-corrected chi connectivity index (χ2v) is 6.09. The molecular weight excluding hydrogens is 332 g/mol. The molecule has 0 radical (unpaired) electrons. The number of pyridine rings is 2. The summed E-state index contributed by atoms with van der Waals surface area (Å²) in [5.41, 5.74) is 6.05. The van der Waals surface area contributed by atoms with Gasteiger partial charge < -0.3 is 20.7 Å². The third kappa shape index (κ3) is 4.60. The molecule has 1 saturated heterocycles. The van der Waals surface area contributed by atoms with E-state index in [9.17, 15) is 4.79 Å². The van der Waals surface area contributed by atoms with Crippen LogP contribution in [0, 0.1) is 0 Å². The van der Waals surface area contributed by atoms with Gasteiger partial charge >= 0.3 is 0 Å². The zero-order valence-electron chi connectivity index (χ0n) is 14.9. The van der Waals surface area contributed by atoms with Gasteiger partial charge in [0, 0.05) is 51.5 Å². The monoisotopic (exact) mass is 356 g/mol. The topological polar surface area (TPSA) is 96.6 Å². The lowest BCUT2D eigenvalue weighted by molar-refractivity contribution is 0.0947. The van der Waals surface area contributed by atoms with E-state index in [1.165, 1.54) is 6.20 Å². The Kier molecular flexibility index (Phi) is 5.85. The predicted molar refractivity (Wildman–Crippen MR) is 100 cm³/mol. The van der Waals surface area contributed by atoms with Gasteiger partial charge in [-0.15, -0.1) is 0 Å². The van der Waals surface area contributed by atoms with Crippen molar-refractivity contribution in [3.05, 3.63) is 42.1 Å². The number of nitrogens with zero attached hydrogens (tertiary/aromatic N) is 4. The van der Waals surface area contributed by atoms with Crippen molar-refractivity contribution in [2.45, 2.75) is 0 Å². The molecule has 8 heteroatoms. The molecule has 0 aliphatic carbocycles. The van der Waals surface area contributed by atoms with E-state index >= 15 is 0 Å².